The molecular formula is C47H42N4. The van der Waals surface area contributed by atoms with E-state index in [1.807, 2.05) is 36.4 Å². The molecule has 51 heavy (non-hydrogen) atoms. The molecule has 4 heteroatoms. The van der Waals surface area contributed by atoms with Gasteiger partial charge in [0, 0.05) is 27.5 Å². The van der Waals surface area contributed by atoms with Crippen molar-refractivity contribution in [2.24, 2.45) is 0 Å². The van der Waals surface area contributed by atoms with E-state index in [2.05, 4.69) is 155 Å². The van der Waals surface area contributed by atoms with E-state index in [1.54, 1.807) is 0 Å². The van der Waals surface area contributed by atoms with Crippen molar-refractivity contribution in [3.8, 4) is 51.0 Å². The minimum absolute atomic E-state index is 0.0132. The molecule has 6 aromatic carbocycles. The van der Waals surface area contributed by atoms with Gasteiger partial charge in [-0.1, -0.05) is 151 Å². The van der Waals surface area contributed by atoms with Gasteiger partial charge >= 0.3 is 0 Å². The Morgan fingerprint density at radius 1 is 0.392 bits per heavy atom. The van der Waals surface area contributed by atoms with E-state index in [-0.39, 0.29) is 10.8 Å². The fourth-order valence-corrected chi connectivity index (χ4v) is 6.87. The summed E-state index contributed by atoms with van der Waals surface area (Å²) in [6.45, 7) is 13.7. The number of rotatable bonds is 5. The Labute approximate surface area is 300 Å². The maximum Gasteiger partial charge on any atom is 0.166 e. The van der Waals surface area contributed by atoms with Crippen LogP contribution in [-0.4, -0.2) is 19.5 Å². The van der Waals surface area contributed by atoms with Gasteiger partial charge < -0.3 is 4.57 Å². The highest BCUT2D eigenvalue weighted by Crippen LogP contribution is 2.41. The molecule has 0 saturated carbocycles. The lowest BCUT2D eigenvalue weighted by atomic mass is 9.85. The standard InChI is InChI=1S/C47H42N4/c1-46(2,3)35-23-26-40-37(29-35)38-30-36(47(4,5)6)24-27-41(38)51(40)42-25-22-34(31-16-10-7-11-17-31)28-39(42)45-49-43(32-18-12-8-13-19-32)48-44(50-45)33-20-14-9-15-21-33/h7-30H,1-6H3. The fourth-order valence-electron chi connectivity index (χ4n) is 6.87. The van der Waals surface area contributed by atoms with E-state index in [0.29, 0.717) is 17.5 Å². The Morgan fingerprint density at radius 3 is 1.27 bits per heavy atom. The summed E-state index contributed by atoms with van der Waals surface area (Å²) in [4.78, 5) is 15.5. The van der Waals surface area contributed by atoms with Crippen molar-refractivity contribution in [1.82, 2.24) is 19.5 Å². The van der Waals surface area contributed by atoms with Crippen LogP contribution in [0.1, 0.15) is 52.7 Å². The lowest BCUT2D eigenvalue weighted by Gasteiger charge is -2.19. The van der Waals surface area contributed by atoms with E-state index >= 15 is 0 Å². The lowest BCUT2D eigenvalue weighted by Crippen LogP contribution is -2.10. The normalized spacial score (nSPS) is 12.1. The summed E-state index contributed by atoms with van der Waals surface area (Å²) in [6.07, 6.45) is 0. The highest BCUT2D eigenvalue weighted by molar-refractivity contribution is 6.10. The summed E-state index contributed by atoms with van der Waals surface area (Å²) < 4.78 is 2.40. The SMILES string of the molecule is CC(C)(C)c1ccc2c(c1)c1cc(C(C)(C)C)ccc1n2-c1ccc(-c2ccccc2)cc1-c1nc(-c2ccccc2)nc(-c2ccccc2)n1. The van der Waals surface area contributed by atoms with E-state index in [1.165, 1.54) is 21.9 Å². The molecule has 250 valence electrons. The molecule has 2 aromatic heterocycles. The Morgan fingerprint density at radius 2 is 0.824 bits per heavy atom. The molecule has 0 unspecified atom stereocenters. The van der Waals surface area contributed by atoms with Crippen molar-refractivity contribution >= 4 is 21.8 Å². The summed E-state index contributed by atoms with van der Waals surface area (Å²) in [5.41, 5.74) is 11.0. The van der Waals surface area contributed by atoms with Crippen LogP contribution < -0.4 is 0 Å². The van der Waals surface area contributed by atoms with Gasteiger partial charge in [0.15, 0.2) is 17.5 Å². The Balaban J connectivity index is 1.46. The van der Waals surface area contributed by atoms with Gasteiger partial charge in [0.25, 0.3) is 0 Å². The smallest absolute Gasteiger partial charge is 0.166 e. The van der Waals surface area contributed by atoms with Gasteiger partial charge in [-0.2, -0.15) is 0 Å². The third-order valence-corrected chi connectivity index (χ3v) is 9.78. The first-order valence-electron chi connectivity index (χ1n) is 17.7. The summed E-state index contributed by atoms with van der Waals surface area (Å²) in [5, 5.41) is 2.49. The van der Waals surface area contributed by atoms with Gasteiger partial charge in [-0.05, 0) is 69.5 Å². The van der Waals surface area contributed by atoms with Crippen LogP contribution >= 0.6 is 0 Å². The molecule has 8 aromatic rings. The van der Waals surface area contributed by atoms with E-state index in [9.17, 15) is 0 Å². The minimum Gasteiger partial charge on any atom is -0.309 e. The van der Waals surface area contributed by atoms with Crippen molar-refractivity contribution in [2.75, 3.05) is 0 Å². The van der Waals surface area contributed by atoms with E-state index < -0.39 is 0 Å². The van der Waals surface area contributed by atoms with Gasteiger partial charge in [-0.3, -0.25) is 0 Å². The Kier molecular flexibility index (Phi) is 7.91. The average Bonchev–Trinajstić information content (AvgIpc) is 3.48. The number of benzene rings is 6. The van der Waals surface area contributed by atoms with Crippen LogP contribution in [-0.2, 0) is 10.8 Å². The highest BCUT2D eigenvalue weighted by Gasteiger charge is 2.23. The molecular weight excluding hydrogens is 621 g/mol. The molecule has 0 atom stereocenters. The molecule has 0 aliphatic heterocycles. The predicted molar refractivity (Wildman–Crippen MR) is 213 cm³/mol. The van der Waals surface area contributed by atoms with Crippen LogP contribution in [0.2, 0.25) is 0 Å². The molecule has 0 bridgehead atoms. The topological polar surface area (TPSA) is 43.6 Å². The molecule has 0 N–H and O–H groups in total. The van der Waals surface area contributed by atoms with Gasteiger partial charge in [-0.15, -0.1) is 0 Å². The number of fused-ring (bicyclic) bond motifs is 3. The molecule has 0 saturated heterocycles. The first-order chi connectivity index (χ1) is 24.5. The zero-order valence-electron chi connectivity index (χ0n) is 30.1. The van der Waals surface area contributed by atoms with Crippen LogP contribution in [0.15, 0.2) is 146 Å². The molecule has 0 fully saturated rings. The second-order valence-electron chi connectivity index (χ2n) is 15.4. The van der Waals surface area contributed by atoms with Crippen LogP contribution in [0.3, 0.4) is 0 Å². The summed E-state index contributed by atoms with van der Waals surface area (Å²) >= 11 is 0. The third kappa shape index (κ3) is 6.12. The largest absolute Gasteiger partial charge is 0.309 e. The van der Waals surface area contributed by atoms with Gasteiger partial charge in [0.2, 0.25) is 0 Å². The molecule has 0 aliphatic rings. The molecule has 0 aliphatic carbocycles. The predicted octanol–water partition coefficient (Wildman–Crippen LogP) is 12.2. The number of aromatic nitrogens is 4. The number of nitrogens with zero attached hydrogens (tertiary/aromatic N) is 4. The molecule has 0 spiro atoms. The second-order valence-corrected chi connectivity index (χ2v) is 15.4. The average molecular weight is 663 g/mol. The van der Waals surface area contributed by atoms with Crippen LogP contribution in [0.4, 0.5) is 0 Å². The maximum atomic E-state index is 5.22. The van der Waals surface area contributed by atoms with Gasteiger partial charge in [0.1, 0.15) is 0 Å². The van der Waals surface area contributed by atoms with Crippen molar-refractivity contribution in [3.63, 3.8) is 0 Å². The minimum atomic E-state index is 0.0132. The summed E-state index contributed by atoms with van der Waals surface area (Å²) in [6, 6.07) is 51.5. The molecule has 8 rings (SSSR count). The van der Waals surface area contributed by atoms with Gasteiger partial charge in [0.05, 0.1) is 16.7 Å². The van der Waals surface area contributed by atoms with E-state index in [4.69, 9.17) is 15.0 Å². The number of hydrogen-bond donors (Lipinski definition) is 0. The lowest BCUT2D eigenvalue weighted by molar-refractivity contribution is 0.590. The zero-order valence-corrected chi connectivity index (χ0v) is 30.1. The molecule has 0 radical (unpaired) electrons. The van der Waals surface area contributed by atoms with Gasteiger partial charge in [-0.25, -0.2) is 15.0 Å². The molecule has 4 nitrogen and oxygen atoms in total. The third-order valence-electron chi connectivity index (χ3n) is 9.78. The Bertz CT molecular complexity index is 2390. The van der Waals surface area contributed by atoms with Crippen molar-refractivity contribution in [2.45, 2.75) is 52.4 Å². The van der Waals surface area contributed by atoms with E-state index in [0.717, 1.165) is 44.5 Å². The maximum absolute atomic E-state index is 5.22. The molecule has 2 heterocycles. The van der Waals surface area contributed by atoms with Crippen molar-refractivity contribution < 1.29 is 0 Å². The monoisotopic (exact) mass is 662 g/mol. The highest BCUT2D eigenvalue weighted by atomic mass is 15.1. The summed E-state index contributed by atoms with van der Waals surface area (Å²) in [5.74, 6) is 1.91. The number of hydrogen-bond acceptors (Lipinski definition) is 3. The quantitative estimate of drug-likeness (QED) is 0.184. The van der Waals surface area contributed by atoms with Crippen LogP contribution in [0.25, 0.3) is 72.8 Å². The Hall–Kier alpha value is -5.87. The summed E-state index contributed by atoms with van der Waals surface area (Å²) in [7, 11) is 0. The van der Waals surface area contributed by atoms with Crippen molar-refractivity contribution in [3.05, 3.63) is 157 Å². The molecule has 0 amide bonds. The van der Waals surface area contributed by atoms with Crippen LogP contribution in [0, 0.1) is 0 Å². The second kappa shape index (κ2) is 12.5. The first-order valence-corrected chi connectivity index (χ1v) is 17.7. The van der Waals surface area contributed by atoms with Crippen LogP contribution in [0.5, 0.6) is 0 Å². The first kappa shape index (κ1) is 32.3. The fraction of sp³-hybridized carbons (Fsp3) is 0.170. The zero-order chi connectivity index (χ0) is 35.3. The van der Waals surface area contributed by atoms with Crippen molar-refractivity contribution in [1.29, 1.82) is 0 Å².